The number of hydrazone groups is 1. The highest BCUT2D eigenvalue weighted by molar-refractivity contribution is 6.00. The molecule has 0 spiro atoms. The van der Waals surface area contributed by atoms with Gasteiger partial charge in [0.2, 0.25) is 5.95 Å². The third-order valence-corrected chi connectivity index (χ3v) is 4.73. The second-order valence-electron chi connectivity index (χ2n) is 6.56. The van der Waals surface area contributed by atoms with Crippen molar-refractivity contribution >= 4 is 22.6 Å². The number of nitrogens with zero attached hydrogens (tertiary/aromatic N) is 3. The van der Waals surface area contributed by atoms with Crippen molar-refractivity contribution in [2.45, 2.75) is 41.2 Å². The smallest absolute Gasteiger partial charge is 0.262 e. The van der Waals surface area contributed by atoms with Gasteiger partial charge in [-0.3, -0.25) is 9.36 Å². The highest BCUT2D eigenvalue weighted by Crippen LogP contribution is 2.17. The number of hydrogen-bond donors (Lipinski definition) is 1. The van der Waals surface area contributed by atoms with Crippen LogP contribution in [0.5, 0.6) is 0 Å². The minimum atomic E-state index is -0.0594. The summed E-state index contributed by atoms with van der Waals surface area (Å²) < 4.78 is 1.60. The first-order valence-electron chi connectivity index (χ1n) is 8.80. The Balaban J connectivity index is 2.02. The molecule has 0 aliphatic carbocycles. The summed E-state index contributed by atoms with van der Waals surface area (Å²) in [7, 11) is 0. The first kappa shape index (κ1) is 17.9. The molecule has 0 atom stereocenters. The summed E-state index contributed by atoms with van der Waals surface area (Å²) in [4.78, 5) is 17.2. The van der Waals surface area contributed by atoms with Crippen molar-refractivity contribution in [3.05, 3.63) is 69.0 Å². The predicted octanol–water partition coefficient (Wildman–Crippen LogP) is 4.18. The number of aryl methyl sites for hydroxylation is 3. The molecule has 134 valence electrons. The summed E-state index contributed by atoms with van der Waals surface area (Å²) in [6, 6.07) is 11.7. The van der Waals surface area contributed by atoms with Gasteiger partial charge in [-0.05, 0) is 69.5 Å². The van der Waals surface area contributed by atoms with Crippen molar-refractivity contribution in [3.63, 3.8) is 0 Å². The van der Waals surface area contributed by atoms with Crippen LogP contribution in [-0.2, 0) is 6.54 Å². The number of benzene rings is 2. The van der Waals surface area contributed by atoms with E-state index < -0.39 is 0 Å². The van der Waals surface area contributed by atoms with Crippen molar-refractivity contribution < 1.29 is 0 Å². The van der Waals surface area contributed by atoms with E-state index in [0.29, 0.717) is 23.4 Å². The molecule has 0 unspecified atom stereocenters. The Kier molecular flexibility index (Phi) is 4.89. The molecule has 0 aliphatic rings. The Morgan fingerprint density at radius 1 is 1.12 bits per heavy atom. The zero-order valence-corrected chi connectivity index (χ0v) is 15.9. The molecule has 26 heavy (non-hydrogen) atoms. The lowest BCUT2D eigenvalue weighted by molar-refractivity contribution is 0.724. The van der Waals surface area contributed by atoms with E-state index in [1.807, 2.05) is 32.0 Å². The third kappa shape index (κ3) is 3.25. The van der Waals surface area contributed by atoms with Gasteiger partial charge in [0.05, 0.1) is 16.6 Å². The molecule has 0 radical (unpaired) electrons. The van der Waals surface area contributed by atoms with E-state index in [1.165, 1.54) is 16.7 Å². The Labute approximate surface area is 153 Å². The van der Waals surface area contributed by atoms with Crippen LogP contribution in [0.15, 0.2) is 46.3 Å². The first-order chi connectivity index (χ1) is 12.4. The van der Waals surface area contributed by atoms with Gasteiger partial charge in [-0.1, -0.05) is 18.2 Å². The Bertz CT molecular complexity index is 1060. The number of para-hydroxylation sites is 1. The zero-order chi connectivity index (χ0) is 18.8. The van der Waals surface area contributed by atoms with Crippen LogP contribution in [-0.4, -0.2) is 15.3 Å². The number of aromatic nitrogens is 2. The molecule has 1 N–H and O–H groups in total. The Hall–Kier alpha value is -2.95. The van der Waals surface area contributed by atoms with Crippen molar-refractivity contribution in [2.24, 2.45) is 5.10 Å². The monoisotopic (exact) mass is 348 g/mol. The van der Waals surface area contributed by atoms with Crippen LogP contribution >= 0.6 is 0 Å². The summed E-state index contributed by atoms with van der Waals surface area (Å²) in [6.45, 7) is 10.7. The molecular weight excluding hydrogens is 324 g/mol. The van der Waals surface area contributed by atoms with Gasteiger partial charge in [0, 0.05) is 12.1 Å². The molecule has 1 heterocycles. The minimum absolute atomic E-state index is 0.0594. The van der Waals surface area contributed by atoms with Gasteiger partial charge < -0.3 is 0 Å². The standard InChI is InChI=1S/C21H24N4O/c1-6-25-20(26)17-9-7-8-10-19(17)22-21(25)24-23-16(5)18-12-14(3)13(2)11-15(18)4/h7-12H,6H2,1-5H3,(H,22,24)/b23-16-. The van der Waals surface area contributed by atoms with Crippen LogP contribution in [0.25, 0.3) is 10.9 Å². The summed E-state index contributed by atoms with van der Waals surface area (Å²) >= 11 is 0. The highest BCUT2D eigenvalue weighted by Gasteiger charge is 2.10. The first-order valence-corrected chi connectivity index (χ1v) is 8.80. The third-order valence-electron chi connectivity index (χ3n) is 4.73. The number of hydrogen-bond acceptors (Lipinski definition) is 4. The average molecular weight is 348 g/mol. The molecule has 0 amide bonds. The molecule has 5 heteroatoms. The lowest BCUT2D eigenvalue weighted by atomic mass is 9.98. The van der Waals surface area contributed by atoms with Gasteiger partial charge in [-0.2, -0.15) is 5.10 Å². The van der Waals surface area contributed by atoms with E-state index in [2.05, 4.69) is 48.4 Å². The Morgan fingerprint density at radius 2 is 1.81 bits per heavy atom. The van der Waals surface area contributed by atoms with E-state index in [1.54, 1.807) is 10.6 Å². The summed E-state index contributed by atoms with van der Waals surface area (Å²) in [5.74, 6) is 0.456. The molecular formula is C21H24N4O. The topological polar surface area (TPSA) is 59.3 Å². The van der Waals surface area contributed by atoms with Crippen LogP contribution in [0, 0.1) is 20.8 Å². The molecule has 0 saturated heterocycles. The van der Waals surface area contributed by atoms with Crippen molar-refractivity contribution in [1.82, 2.24) is 9.55 Å². The van der Waals surface area contributed by atoms with Gasteiger partial charge in [0.15, 0.2) is 0 Å². The predicted molar refractivity (Wildman–Crippen MR) is 108 cm³/mol. The summed E-state index contributed by atoms with van der Waals surface area (Å²) in [5.41, 5.74) is 9.22. The maximum atomic E-state index is 12.7. The molecule has 0 aliphatic heterocycles. The molecule has 1 aromatic heterocycles. The molecule has 3 aromatic rings. The fraction of sp³-hybridized carbons (Fsp3) is 0.286. The fourth-order valence-electron chi connectivity index (χ4n) is 3.09. The van der Waals surface area contributed by atoms with Gasteiger partial charge in [0.25, 0.3) is 5.56 Å². The van der Waals surface area contributed by atoms with Crippen LogP contribution in [0.1, 0.15) is 36.1 Å². The second-order valence-corrected chi connectivity index (χ2v) is 6.56. The lowest BCUT2D eigenvalue weighted by Gasteiger charge is -2.13. The molecule has 2 aromatic carbocycles. The normalized spacial score (nSPS) is 11.8. The van der Waals surface area contributed by atoms with Gasteiger partial charge in [-0.25, -0.2) is 10.4 Å². The maximum Gasteiger partial charge on any atom is 0.262 e. The quantitative estimate of drug-likeness (QED) is 0.568. The largest absolute Gasteiger partial charge is 0.277 e. The van der Waals surface area contributed by atoms with E-state index in [9.17, 15) is 4.79 Å². The fourth-order valence-corrected chi connectivity index (χ4v) is 3.09. The second kappa shape index (κ2) is 7.12. The Morgan fingerprint density at radius 3 is 2.54 bits per heavy atom. The van der Waals surface area contributed by atoms with E-state index in [4.69, 9.17) is 0 Å². The van der Waals surface area contributed by atoms with E-state index in [-0.39, 0.29) is 5.56 Å². The number of rotatable bonds is 4. The van der Waals surface area contributed by atoms with Gasteiger partial charge in [0.1, 0.15) is 0 Å². The van der Waals surface area contributed by atoms with Crippen LogP contribution in [0.2, 0.25) is 0 Å². The van der Waals surface area contributed by atoms with Crippen LogP contribution in [0.3, 0.4) is 0 Å². The lowest BCUT2D eigenvalue weighted by Crippen LogP contribution is -2.23. The van der Waals surface area contributed by atoms with E-state index in [0.717, 1.165) is 11.3 Å². The van der Waals surface area contributed by atoms with Crippen LogP contribution in [0.4, 0.5) is 5.95 Å². The molecule has 0 saturated carbocycles. The minimum Gasteiger partial charge on any atom is -0.277 e. The van der Waals surface area contributed by atoms with Crippen LogP contribution < -0.4 is 11.0 Å². The number of nitrogens with one attached hydrogen (secondary N) is 1. The molecule has 3 rings (SSSR count). The van der Waals surface area contributed by atoms with Gasteiger partial charge >= 0.3 is 0 Å². The zero-order valence-electron chi connectivity index (χ0n) is 15.9. The van der Waals surface area contributed by atoms with Crippen molar-refractivity contribution in [3.8, 4) is 0 Å². The molecule has 0 fully saturated rings. The number of anilines is 1. The molecule has 5 nitrogen and oxygen atoms in total. The summed E-state index contributed by atoms with van der Waals surface area (Å²) in [5, 5.41) is 5.11. The van der Waals surface area contributed by atoms with Gasteiger partial charge in [-0.15, -0.1) is 0 Å². The summed E-state index contributed by atoms with van der Waals surface area (Å²) in [6.07, 6.45) is 0. The molecule has 0 bridgehead atoms. The van der Waals surface area contributed by atoms with Crippen molar-refractivity contribution in [1.29, 1.82) is 0 Å². The highest BCUT2D eigenvalue weighted by atomic mass is 16.1. The SMILES string of the molecule is CCn1c(N/N=C(/C)c2cc(C)c(C)cc2C)nc2ccccc2c1=O. The number of fused-ring (bicyclic) bond motifs is 1. The van der Waals surface area contributed by atoms with Crippen molar-refractivity contribution in [2.75, 3.05) is 5.43 Å². The average Bonchev–Trinajstić information content (AvgIpc) is 2.63. The van der Waals surface area contributed by atoms with E-state index >= 15 is 0 Å². The maximum absolute atomic E-state index is 12.7.